The molecule has 0 aliphatic rings. The largest absolute Gasteiger partial charge is 0.353 e. The minimum Gasteiger partial charge on any atom is -0.353 e. The van der Waals surface area contributed by atoms with Crippen LogP contribution in [0.2, 0.25) is 0 Å². The van der Waals surface area contributed by atoms with Crippen LogP contribution >= 0.6 is 0 Å². The first kappa shape index (κ1) is 14.0. The number of amides is 1. The number of unbranched alkanes of at least 4 members (excludes halogenated alkanes) is 4. The van der Waals surface area contributed by atoms with E-state index < -0.39 is 0 Å². The third-order valence-corrected chi connectivity index (χ3v) is 2.34. The Bertz CT molecular complexity index is 205. The van der Waals surface area contributed by atoms with E-state index in [-0.39, 0.29) is 11.9 Å². The summed E-state index contributed by atoms with van der Waals surface area (Å²) >= 11 is 0. The third-order valence-electron chi connectivity index (χ3n) is 2.34. The van der Waals surface area contributed by atoms with Crippen molar-refractivity contribution in [2.45, 2.75) is 64.8 Å². The third kappa shape index (κ3) is 9.34. The highest BCUT2D eigenvalue weighted by atomic mass is 16.1. The standard InChI is InChI=1S/C13H23NO/c1-4-6-7-8-9-11-13(15)14-12(3)10-5-2/h2,12H,4,6-11H2,1,3H3,(H,14,15). The van der Waals surface area contributed by atoms with Gasteiger partial charge in [0.05, 0.1) is 0 Å². The van der Waals surface area contributed by atoms with Crippen molar-refractivity contribution >= 4 is 5.91 Å². The minimum atomic E-state index is 0.109. The Labute approximate surface area is 93.8 Å². The summed E-state index contributed by atoms with van der Waals surface area (Å²) in [4.78, 5) is 11.4. The Morgan fingerprint density at radius 3 is 2.60 bits per heavy atom. The Kier molecular flexibility index (Phi) is 8.96. The van der Waals surface area contributed by atoms with E-state index in [0.717, 1.165) is 12.8 Å². The van der Waals surface area contributed by atoms with Crippen LogP contribution in [-0.4, -0.2) is 11.9 Å². The highest BCUT2D eigenvalue weighted by Gasteiger charge is 2.05. The lowest BCUT2D eigenvalue weighted by atomic mass is 10.1. The molecule has 0 aromatic heterocycles. The maximum absolute atomic E-state index is 11.4. The second kappa shape index (κ2) is 9.58. The SMILES string of the molecule is C#CCC(C)NC(=O)CCCCCCC. The van der Waals surface area contributed by atoms with Crippen LogP contribution in [0, 0.1) is 12.3 Å². The molecule has 0 aromatic carbocycles. The van der Waals surface area contributed by atoms with Crippen molar-refractivity contribution in [1.82, 2.24) is 5.32 Å². The Morgan fingerprint density at radius 2 is 2.00 bits per heavy atom. The molecule has 0 rings (SSSR count). The zero-order chi connectivity index (χ0) is 11.5. The van der Waals surface area contributed by atoms with Gasteiger partial charge in [-0.2, -0.15) is 0 Å². The van der Waals surface area contributed by atoms with E-state index in [0.29, 0.717) is 12.8 Å². The summed E-state index contributed by atoms with van der Waals surface area (Å²) in [5.41, 5.74) is 0. The van der Waals surface area contributed by atoms with Gasteiger partial charge in [-0.15, -0.1) is 12.3 Å². The second-order valence-electron chi connectivity index (χ2n) is 4.04. The molecular weight excluding hydrogens is 186 g/mol. The number of nitrogens with one attached hydrogen (secondary N) is 1. The minimum absolute atomic E-state index is 0.109. The van der Waals surface area contributed by atoms with Crippen molar-refractivity contribution in [3.63, 3.8) is 0 Å². The average molecular weight is 209 g/mol. The quantitative estimate of drug-likeness (QED) is 0.483. The number of carbonyl (C=O) groups is 1. The van der Waals surface area contributed by atoms with E-state index in [1.54, 1.807) is 0 Å². The van der Waals surface area contributed by atoms with E-state index in [9.17, 15) is 4.79 Å². The van der Waals surface area contributed by atoms with Crippen molar-refractivity contribution < 1.29 is 4.79 Å². The monoisotopic (exact) mass is 209 g/mol. The molecule has 0 aliphatic heterocycles. The van der Waals surface area contributed by atoms with Crippen molar-refractivity contribution in [3.05, 3.63) is 0 Å². The van der Waals surface area contributed by atoms with E-state index in [1.165, 1.54) is 19.3 Å². The van der Waals surface area contributed by atoms with Crippen LogP contribution in [0.5, 0.6) is 0 Å². The smallest absolute Gasteiger partial charge is 0.220 e. The molecule has 0 aromatic rings. The molecule has 1 unspecified atom stereocenters. The Hall–Kier alpha value is -0.970. The Balaban J connectivity index is 3.37. The van der Waals surface area contributed by atoms with Gasteiger partial charge in [0.1, 0.15) is 0 Å². The molecule has 1 atom stereocenters. The highest BCUT2D eigenvalue weighted by molar-refractivity contribution is 5.76. The summed E-state index contributed by atoms with van der Waals surface area (Å²) in [6.07, 6.45) is 12.3. The van der Waals surface area contributed by atoms with Crippen LogP contribution in [0.4, 0.5) is 0 Å². The summed E-state index contributed by atoms with van der Waals surface area (Å²) in [6, 6.07) is 0.109. The first-order valence-corrected chi connectivity index (χ1v) is 5.93. The normalized spacial score (nSPS) is 11.8. The molecule has 0 aliphatic carbocycles. The van der Waals surface area contributed by atoms with Crippen molar-refractivity contribution in [2.24, 2.45) is 0 Å². The van der Waals surface area contributed by atoms with E-state index in [4.69, 9.17) is 6.42 Å². The predicted octanol–water partition coefficient (Wildman–Crippen LogP) is 2.87. The number of hydrogen-bond donors (Lipinski definition) is 1. The van der Waals surface area contributed by atoms with Crippen LogP contribution in [0.3, 0.4) is 0 Å². The first-order valence-electron chi connectivity index (χ1n) is 5.93. The lowest BCUT2D eigenvalue weighted by Crippen LogP contribution is -2.31. The van der Waals surface area contributed by atoms with Gasteiger partial charge in [0.25, 0.3) is 0 Å². The zero-order valence-electron chi connectivity index (χ0n) is 10.0. The maximum Gasteiger partial charge on any atom is 0.220 e. The number of terminal acetylenes is 1. The fraction of sp³-hybridized carbons (Fsp3) is 0.769. The lowest BCUT2D eigenvalue weighted by Gasteiger charge is -2.10. The molecule has 1 N–H and O–H groups in total. The Morgan fingerprint density at radius 1 is 1.33 bits per heavy atom. The molecule has 1 amide bonds. The summed E-state index contributed by atoms with van der Waals surface area (Å²) in [5, 5.41) is 2.89. The van der Waals surface area contributed by atoms with E-state index in [1.807, 2.05) is 6.92 Å². The summed E-state index contributed by atoms with van der Waals surface area (Å²) in [5.74, 6) is 2.68. The molecule has 86 valence electrons. The number of rotatable bonds is 8. The first-order chi connectivity index (χ1) is 7.20. The molecule has 2 nitrogen and oxygen atoms in total. The molecule has 0 fully saturated rings. The second-order valence-corrected chi connectivity index (χ2v) is 4.04. The van der Waals surface area contributed by atoms with Gasteiger partial charge in [0, 0.05) is 18.9 Å². The highest BCUT2D eigenvalue weighted by Crippen LogP contribution is 2.05. The fourth-order valence-electron chi connectivity index (χ4n) is 1.46. The number of hydrogen-bond acceptors (Lipinski definition) is 1. The van der Waals surface area contributed by atoms with Gasteiger partial charge < -0.3 is 5.32 Å². The molecule has 0 spiro atoms. The summed E-state index contributed by atoms with van der Waals surface area (Å²) in [7, 11) is 0. The van der Waals surface area contributed by atoms with Crippen molar-refractivity contribution in [1.29, 1.82) is 0 Å². The van der Waals surface area contributed by atoms with Crippen molar-refractivity contribution in [2.75, 3.05) is 0 Å². The summed E-state index contributed by atoms with van der Waals surface area (Å²) < 4.78 is 0. The van der Waals surface area contributed by atoms with Crippen LogP contribution in [-0.2, 0) is 4.79 Å². The molecule has 0 saturated carbocycles. The van der Waals surface area contributed by atoms with Gasteiger partial charge in [-0.1, -0.05) is 32.6 Å². The molecule has 15 heavy (non-hydrogen) atoms. The van der Waals surface area contributed by atoms with Gasteiger partial charge in [-0.25, -0.2) is 0 Å². The van der Waals surface area contributed by atoms with Gasteiger partial charge in [-0.3, -0.25) is 4.79 Å². The van der Waals surface area contributed by atoms with Crippen LogP contribution < -0.4 is 5.32 Å². The van der Waals surface area contributed by atoms with E-state index in [2.05, 4.69) is 18.2 Å². The van der Waals surface area contributed by atoms with E-state index >= 15 is 0 Å². The van der Waals surface area contributed by atoms with Crippen LogP contribution in [0.25, 0.3) is 0 Å². The zero-order valence-corrected chi connectivity index (χ0v) is 10.0. The van der Waals surface area contributed by atoms with Crippen molar-refractivity contribution in [3.8, 4) is 12.3 Å². The van der Waals surface area contributed by atoms with Crippen LogP contribution in [0.15, 0.2) is 0 Å². The molecule has 0 heterocycles. The molecule has 0 saturated heterocycles. The van der Waals surface area contributed by atoms with Gasteiger partial charge in [-0.05, 0) is 13.3 Å². The maximum atomic E-state index is 11.4. The van der Waals surface area contributed by atoms with Gasteiger partial charge in [0.2, 0.25) is 5.91 Å². The van der Waals surface area contributed by atoms with Gasteiger partial charge >= 0.3 is 0 Å². The predicted molar refractivity (Wildman–Crippen MR) is 64.4 cm³/mol. The topological polar surface area (TPSA) is 29.1 Å². The van der Waals surface area contributed by atoms with Crippen LogP contribution in [0.1, 0.15) is 58.8 Å². The average Bonchev–Trinajstić information content (AvgIpc) is 2.17. The number of carbonyl (C=O) groups excluding carboxylic acids is 1. The summed E-state index contributed by atoms with van der Waals surface area (Å²) in [6.45, 7) is 4.13. The molecule has 2 heteroatoms. The molecule has 0 bridgehead atoms. The molecular formula is C13H23NO. The lowest BCUT2D eigenvalue weighted by molar-refractivity contribution is -0.121. The van der Waals surface area contributed by atoms with Gasteiger partial charge in [0.15, 0.2) is 0 Å². The fourth-order valence-corrected chi connectivity index (χ4v) is 1.46. The molecule has 0 radical (unpaired) electrons.